The zero-order valence-corrected chi connectivity index (χ0v) is 14.4. The summed E-state index contributed by atoms with van der Waals surface area (Å²) in [5.74, 6) is 0.866. The summed E-state index contributed by atoms with van der Waals surface area (Å²) in [7, 11) is 0. The molecule has 0 saturated heterocycles. The maximum atomic E-state index is 12.1. The molecule has 1 aromatic heterocycles. The highest BCUT2D eigenvalue weighted by Crippen LogP contribution is 2.35. The Morgan fingerprint density at radius 3 is 2.79 bits per heavy atom. The molecule has 5 heteroatoms. The van der Waals surface area contributed by atoms with Crippen LogP contribution < -0.4 is 15.7 Å². The number of hydrogen-bond acceptors (Lipinski definition) is 4. The Hall–Kier alpha value is -2.30. The highest BCUT2D eigenvalue weighted by molar-refractivity contribution is 5.89. The molecule has 0 fully saturated rings. The Balaban J connectivity index is 1.92. The summed E-state index contributed by atoms with van der Waals surface area (Å²) >= 11 is 0. The largest absolute Gasteiger partial charge is 0.483 e. The average Bonchev–Trinajstić information content (AvgIpc) is 3.00. The first-order valence-corrected chi connectivity index (χ1v) is 8.44. The van der Waals surface area contributed by atoms with Crippen LogP contribution in [0, 0.1) is 12.8 Å². The molecule has 0 unspecified atom stereocenters. The maximum Gasteiger partial charge on any atom is 0.339 e. The van der Waals surface area contributed by atoms with Gasteiger partial charge in [-0.15, -0.1) is 0 Å². The molecule has 0 atom stereocenters. The van der Waals surface area contributed by atoms with Gasteiger partial charge in [-0.3, -0.25) is 4.79 Å². The van der Waals surface area contributed by atoms with Crippen molar-refractivity contribution in [3.8, 4) is 5.75 Å². The number of carbonyl (C=O) groups excluding carboxylic acids is 1. The van der Waals surface area contributed by atoms with Crippen molar-refractivity contribution in [2.75, 3.05) is 13.2 Å². The number of aryl methyl sites for hydroxylation is 2. The summed E-state index contributed by atoms with van der Waals surface area (Å²) in [6.45, 7) is 6.58. The second-order valence-corrected chi connectivity index (χ2v) is 6.82. The Kier molecular flexibility index (Phi) is 4.60. The minimum absolute atomic E-state index is 0.0425. The lowest BCUT2D eigenvalue weighted by atomic mass is 10.0. The van der Waals surface area contributed by atoms with Crippen LogP contribution in [0.2, 0.25) is 0 Å². The zero-order chi connectivity index (χ0) is 17.3. The summed E-state index contributed by atoms with van der Waals surface area (Å²) in [5.41, 5.74) is 2.99. The number of hydrogen-bond donors (Lipinski definition) is 1. The van der Waals surface area contributed by atoms with Crippen molar-refractivity contribution < 1.29 is 13.9 Å². The summed E-state index contributed by atoms with van der Waals surface area (Å²) in [4.78, 5) is 24.0. The normalized spacial score (nSPS) is 13.3. The van der Waals surface area contributed by atoms with Gasteiger partial charge in [-0.2, -0.15) is 0 Å². The first kappa shape index (κ1) is 16.6. The molecule has 1 aliphatic carbocycles. The van der Waals surface area contributed by atoms with Crippen LogP contribution in [0.15, 0.2) is 21.3 Å². The SMILES string of the molecule is Cc1cc(OCC(=O)NCC(C)C)c2c3c(c(=O)oc2c1)CCC3. The number of carbonyl (C=O) groups is 1. The minimum Gasteiger partial charge on any atom is -0.483 e. The van der Waals surface area contributed by atoms with Gasteiger partial charge in [-0.25, -0.2) is 4.79 Å². The number of amides is 1. The van der Waals surface area contributed by atoms with Crippen LogP contribution in [0.25, 0.3) is 11.0 Å². The van der Waals surface area contributed by atoms with E-state index >= 15 is 0 Å². The fraction of sp³-hybridized carbons (Fsp3) is 0.474. The lowest BCUT2D eigenvalue weighted by Crippen LogP contribution is -2.31. The van der Waals surface area contributed by atoms with Crippen molar-refractivity contribution in [2.24, 2.45) is 5.92 Å². The Labute approximate surface area is 141 Å². The van der Waals surface area contributed by atoms with Crippen LogP contribution in [-0.2, 0) is 17.6 Å². The van der Waals surface area contributed by atoms with Gasteiger partial charge >= 0.3 is 5.63 Å². The van der Waals surface area contributed by atoms with Crippen LogP contribution in [0.1, 0.15) is 37.0 Å². The molecular weight excluding hydrogens is 306 g/mol. The fourth-order valence-electron chi connectivity index (χ4n) is 3.13. The number of ether oxygens (including phenoxy) is 1. The summed E-state index contributed by atoms with van der Waals surface area (Å²) in [5, 5.41) is 3.68. The van der Waals surface area contributed by atoms with Gasteiger partial charge < -0.3 is 14.5 Å². The van der Waals surface area contributed by atoms with Crippen LogP contribution >= 0.6 is 0 Å². The molecule has 5 nitrogen and oxygen atoms in total. The van der Waals surface area contributed by atoms with Crippen molar-refractivity contribution >= 4 is 16.9 Å². The molecule has 24 heavy (non-hydrogen) atoms. The zero-order valence-electron chi connectivity index (χ0n) is 14.4. The monoisotopic (exact) mass is 329 g/mol. The van der Waals surface area contributed by atoms with Gasteiger partial charge in [0.1, 0.15) is 11.3 Å². The van der Waals surface area contributed by atoms with Crippen molar-refractivity contribution in [3.05, 3.63) is 39.2 Å². The third-order valence-electron chi connectivity index (χ3n) is 4.25. The van der Waals surface area contributed by atoms with E-state index in [4.69, 9.17) is 9.15 Å². The first-order chi connectivity index (χ1) is 11.5. The molecule has 1 heterocycles. The number of benzene rings is 1. The molecular formula is C19H23NO4. The third kappa shape index (κ3) is 3.30. The molecule has 3 rings (SSSR count). The van der Waals surface area contributed by atoms with Gasteiger partial charge in [0.25, 0.3) is 5.91 Å². The second-order valence-electron chi connectivity index (χ2n) is 6.82. The molecule has 0 saturated carbocycles. The van der Waals surface area contributed by atoms with Gasteiger partial charge in [0, 0.05) is 12.1 Å². The molecule has 0 radical (unpaired) electrons. The van der Waals surface area contributed by atoms with Crippen molar-refractivity contribution in [1.82, 2.24) is 5.32 Å². The molecule has 0 spiro atoms. The van der Waals surface area contributed by atoms with Gasteiger partial charge in [-0.1, -0.05) is 13.8 Å². The van der Waals surface area contributed by atoms with E-state index in [0.29, 0.717) is 23.8 Å². The van der Waals surface area contributed by atoms with Gasteiger partial charge in [0.15, 0.2) is 6.61 Å². The maximum absolute atomic E-state index is 12.1. The lowest BCUT2D eigenvalue weighted by Gasteiger charge is -2.13. The number of rotatable bonds is 5. The smallest absolute Gasteiger partial charge is 0.339 e. The highest BCUT2D eigenvalue weighted by Gasteiger charge is 2.22. The second kappa shape index (κ2) is 6.67. The van der Waals surface area contributed by atoms with Gasteiger partial charge in [-0.05, 0) is 55.4 Å². The van der Waals surface area contributed by atoms with E-state index in [1.54, 1.807) is 0 Å². The summed E-state index contributed by atoms with van der Waals surface area (Å²) < 4.78 is 11.3. The van der Waals surface area contributed by atoms with Crippen molar-refractivity contribution in [2.45, 2.75) is 40.0 Å². The average molecular weight is 329 g/mol. The summed E-state index contributed by atoms with van der Waals surface area (Å²) in [6.07, 6.45) is 2.54. The van der Waals surface area contributed by atoms with E-state index in [9.17, 15) is 9.59 Å². The van der Waals surface area contributed by atoms with Crippen LogP contribution in [0.4, 0.5) is 0 Å². The molecule has 128 valence electrons. The van der Waals surface area contributed by atoms with Crippen LogP contribution in [-0.4, -0.2) is 19.1 Å². The van der Waals surface area contributed by atoms with Crippen molar-refractivity contribution in [1.29, 1.82) is 0 Å². The lowest BCUT2D eigenvalue weighted by molar-refractivity contribution is -0.123. The van der Waals surface area contributed by atoms with E-state index in [0.717, 1.165) is 41.3 Å². The Bertz CT molecular complexity index is 835. The molecule has 2 aromatic rings. The van der Waals surface area contributed by atoms with Crippen LogP contribution in [0.3, 0.4) is 0 Å². The van der Waals surface area contributed by atoms with E-state index in [1.165, 1.54) is 0 Å². The molecule has 0 bridgehead atoms. The van der Waals surface area contributed by atoms with E-state index in [1.807, 2.05) is 32.9 Å². The highest BCUT2D eigenvalue weighted by atomic mass is 16.5. The predicted octanol–water partition coefficient (Wildman–Crippen LogP) is 2.74. The molecule has 1 aliphatic rings. The number of fused-ring (bicyclic) bond motifs is 3. The van der Waals surface area contributed by atoms with Crippen molar-refractivity contribution in [3.63, 3.8) is 0 Å². The molecule has 1 N–H and O–H groups in total. The molecule has 1 amide bonds. The standard InChI is InChI=1S/C19H23NO4/c1-11(2)9-20-17(21)10-23-15-7-12(3)8-16-18(15)13-5-4-6-14(13)19(22)24-16/h7-8,11H,4-6,9-10H2,1-3H3,(H,20,21). The van der Waals surface area contributed by atoms with E-state index in [-0.39, 0.29) is 18.1 Å². The topological polar surface area (TPSA) is 68.5 Å². The van der Waals surface area contributed by atoms with Crippen LogP contribution in [0.5, 0.6) is 5.75 Å². The van der Waals surface area contributed by atoms with E-state index < -0.39 is 0 Å². The van der Waals surface area contributed by atoms with Gasteiger partial charge in [0.2, 0.25) is 0 Å². The first-order valence-electron chi connectivity index (χ1n) is 8.44. The molecule has 1 aromatic carbocycles. The Morgan fingerprint density at radius 1 is 1.29 bits per heavy atom. The third-order valence-corrected chi connectivity index (χ3v) is 4.25. The van der Waals surface area contributed by atoms with E-state index in [2.05, 4.69) is 5.32 Å². The summed E-state index contributed by atoms with van der Waals surface area (Å²) in [6, 6.07) is 3.75. The fourth-order valence-corrected chi connectivity index (χ4v) is 3.13. The van der Waals surface area contributed by atoms with Gasteiger partial charge in [0.05, 0.1) is 5.39 Å². The predicted molar refractivity (Wildman–Crippen MR) is 92.6 cm³/mol. The number of nitrogens with one attached hydrogen (secondary N) is 1. The minimum atomic E-state index is -0.249. The Morgan fingerprint density at radius 2 is 2.04 bits per heavy atom. The quantitative estimate of drug-likeness (QED) is 0.857. The molecule has 0 aliphatic heterocycles.